The fourth-order valence-corrected chi connectivity index (χ4v) is 3.75. The number of thioether (sulfide) groups is 1. The third-order valence-electron chi connectivity index (χ3n) is 3.35. The first-order chi connectivity index (χ1) is 10.3. The molecule has 130 valence electrons. The van der Waals surface area contributed by atoms with Crippen molar-refractivity contribution in [3.05, 3.63) is 0 Å². The summed E-state index contributed by atoms with van der Waals surface area (Å²) >= 11 is 2.00. The van der Waals surface area contributed by atoms with Gasteiger partial charge in [0, 0.05) is 24.1 Å². The lowest BCUT2D eigenvalue weighted by Gasteiger charge is -2.21. The van der Waals surface area contributed by atoms with Gasteiger partial charge in [0.25, 0.3) is 0 Å². The van der Waals surface area contributed by atoms with Crippen molar-refractivity contribution in [2.24, 2.45) is 4.99 Å². The highest BCUT2D eigenvalue weighted by Gasteiger charge is 2.29. The molecule has 0 bridgehead atoms. The number of nitrogens with zero attached hydrogens (tertiary/aromatic N) is 1. The molecule has 0 radical (unpaired) electrons. The van der Waals surface area contributed by atoms with Crippen molar-refractivity contribution in [3.63, 3.8) is 0 Å². The van der Waals surface area contributed by atoms with Gasteiger partial charge in [-0.1, -0.05) is 0 Å². The van der Waals surface area contributed by atoms with Crippen LogP contribution in [0.25, 0.3) is 0 Å². The molecule has 0 aromatic heterocycles. The minimum atomic E-state index is -2.94. The molecule has 1 fully saturated rings. The second-order valence-corrected chi connectivity index (χ2v) is 9.71. The summed E-state index contributed by atoms with van der Waals surface area (Å²) in [5.74, 6) is 2.09. The summed E-state index contributed by atoms with van der Waals surface area (Å²) in [7, 11) is -2.94. The Morgan fingerprint density at radius 2 is 2.14 bits per heavy atom. The van der Waals surface area contributed by atoms with E-state index in [2.05, 4.69) is 22.5 Å². The number of guanidine groups is 1. The van der Waals surface area contributed by atoms with Crippen LogP contribution in [-0.4, -0.2) is 69.7 Å². The van der Waals surface area contributed by atoms with Crippen LogP contribution >= 0.6 is 11.8 Å². The standard InChI is InChI=1S/C14H29N3O3S2/c1-4-15-13(17-12-14(2)6-5-10-21-14)16-7-8-20-9-11-22(3,18)19/h4-12H2,1-3H3,(H2,15,16,17). The first kappa shape index (κ1) is 19.6. The van der Waals surface area contributed by atoms with E-state index in [1.165, 1.54) is 24.9 Å². The molecule has 0 amide bonds. The fraction of sp³-hybridized carbons (Fsp3) is 0.929. The Morgan fingerprint density at radius 1 is 1.36 bits per heavy atom. The SMILES string of the molecule is CCNC(=NCC1(C)CCCS1)NCCOCCS(C)(=O)=O. The van der Waals surface area contributed by atoms with Crippen LogP contribution in [0.1, 0.15) is 26.7 Å². The lowest BCUT2D eigenvalue weighted by Crippen LogP contribution is -2.40. The zero-order chi connectivity index (χ0) is 16.5. The third-order valence-corrected chi connectivity index (χ3v) is 5.78. The van der Waals surface area contributed by atoms with Gasteiger partial charge in [0.1, 0.15) is 9.84 Å². The molecule has 1 atom stereocenters. The molecular formula is C14H29N3O3S2. The van der Waals surface area contributed by atoms with E-state index in [0.717, 1.165) is 19.0 Å². The molecule has 1 aliphatic heterocycles. The van der Waals surface area contributed by atoms with Gasteiger partial charge in [-0.15, -0.1) is 0 Å². The second kappa shape index (κ2) is 9.62. The Labute approximate surface area is 138 Å². The van der Waals surface area contributed by atoms with Gasteiger partial charge in [0.2, 0.25) is 0 Å². The Morgan fingerprint density at radius 3 is 2.73 bits per heavy atom. The minimum absolute atomic E-state index is 0.0662. The molecule has 0 aromatic rings. The van der Waals surface area contributed by atoms with Crippen molar-refractivity contribution < 1.29 is 13.2 Å². The Balaban J connectivity index is 2.25. The van der Waals surface area contributed by atoms with Gasteiger partial charge in [-0.25, -0.2) is 8.42 Å². The zero-order valence-corrected chi connectivity index (χ0v) is 15.5. The van der Waals surface area contributed by atoms with Crippen LogP contribution in [0.5, 0.6) is 0 Å². The van der Waals surface area contributed by atoms with E-state index in [9.17, 15) is 8.42 Å². The fourth-order valence-electron chi connectivity index (χ4n) is 2.10. The maximum absolute atomic E-state index is 11.0. The molecule has 8 heteroatoms. The van der Waals surface area contributed by atoms with E-state index in [0.29, 0.717) is 13.2 Å². The predicted octanol–water partition coefficient (Wildman–Crippen LogP) is 0.888. The number of ether oxygens (including phenoxy) is 1. The summed E-state index contributed by atoms with van der Waals surface area (Å²) in [6.45, 7) is 7.23. The van der Waals surface area contributed by atoms with Gasteiger partial charge in [-0.2, -0.15) is 11.8 Å². The molecule has 2 N–H and O–H groups in total. The summed E-state index contributed by atoms with van der Waals surface area (Å²) in [5.41, 5.74) is 0. The summed E-state index contributed by atoms with van der Waals surface area (Å²) in [6.07, 6.45) is 3.70. The quantitative estimate of drug-likeness (QED) is 0.365. The van der Waals surface area contributed by atoms with Crippen molar-refractivity contribution in [1.82, 2.24) is 10.6 Å². The monoisotopic (exact) mass is 351 g/mol. The van der Waals surface area contributed by atoms with Gasteiger partial charge in [-0.05, 0) is 32.4 Å². The van der Waals surface area contributed by atoms with E-state index >= 15 is 0 Å². The van der Waals surface area contributed by atoms with Crippen molar-refractivity contribution in [3.8, 4) is 0 Å². The summed E-state index contributed by atoms with van der Waals surface area (Å²) in [5, 5.41) is 6.43. The molecule has 0 saturated carbocycles. The van der Waals surface area contributed by atoms with E-state index < -0.39 is 9.84 Å². The summed E-state index contributed by atoms with van der Waals surface area (Å²) < 4.78 is 27.5. The van der Waals surface area contributed by atoms with Gasteiger partial charge in [0.05, 0.1) is 25.5 Å². The lowest BCUT2D eigenvalue weighted by atomic mass is 10.1. The molecule has 0 aliphatic carbocycles. The average molecular weight is 352 g/mol. The van der Waals surface area contributed by atoms with Crippen molar-refractivity contribution in [1.29, 1.82) is 0 Å². The highest BCUT2D eigenvalue weighted by molar-refractivity contribution is 8.00. The Kier molecular flexibility index (Phi) is 8.56. The maximum Gasteiger partial charge on any atom is 0.191 e. The number of aliphatic imine (C=N–C) groups is 1. The number of hydrogen-bond donors (Lipinski definition) is 2. The predicted molar refractivity (Wildman–Crippen MR) is 94.6 cm³/mol. The van der Waals surface area contributed by atoms with E-state index in [-0.39, 0.29) is 17.1 Å². The summed E-state index contributed by atoms with van der Waals surface area (Å²) in [4.78, 5) is 4.65. The van der Waals surface area contributed by atoms with Crippen molar-refractivity contribution in [2.75, 3.05) is 50.6 Å². The number of sulfone groups is 1. The molecule has 0 aromatic carbocycles. The van der Waals surface area contributed by atoms with Crippen LogP contribution in [0.15, 0.2) is 4.99 Å². The molecular weight excluding hydrogens is 322 g/mol. The van der Waals surface area contributed by atoms with E-state index in [4.69, 9.17) is 4.74 Å². The van der Waals surface area contributed by atoms with Crippen LogP contribution in [-0.2, 0) is 14.6 Å². The normalized spacial score (nSPS) is 22.8. The third kappa shape index (κ3) is 8.85. The topological polar surface area (TPSA) is 79.8 Å². The van der Waals surface area contributed by atoms with Crippen LogP contribution in [0.2, 0.25) is 0 Å². The molecule has 1 unspecified atom stereocenters. The van der Waals surface area contributed by atoms with Gasteiger partial charge in [-0.3, -0.25) is 4.99 Å². The van der Waals surface area contributed by atoms with Gasteiger partial charge in [0.15, 0.2) is 5.96 Å². The van der Waals surface area contributed by atoms with Crippen LogP contribution in [0.3, 0.4) is 0 Å². The van der Waals surface area contributed by atoms with Crippen LogP contribution in [0.4, 0.5) is 0 Å². The molecule has 1 rings (SSSR count). The molecule has 1 heterocycles. The molecule has 1 aliphatic rings. The van der Waals surface area contributed by atoms with Crippen LogP contribution in [0, 0.1) is 0 Å². The molecule has 6 nitrogen and oxygen atoms in total. The second-order valence-electron chi connectivity index (χ2n) is 5.77. The molecule has 22 heavy (non-hydrogen) atoms. The molecule has 0 spiro atoms. The lowest BCUT2D eigenvalue weighted by molar-refractivity contribution is 0.154. The largest absolute Gasteiger partial charge is 0.379 e. The van der Waals surface area contributed by atoms with Crippen molar-refractivity contribution in [2.45, 2.75) is 31.4 Å². The number of nitrogens with one attached hydrogen (secondary N) is 2. The Bertz CT molecular complexity index is 446. The average Bonchev–Trinajstić information content (AvgIpc) is 2.86. The Hall–Kier alpha value is -0.470. The van der Waals surface area contributed by atoms with Gasteiger partial charge < -0.3 is 15.4 Å². The van der Waals surface area contributed by atoms with Gasteiger partial charge >= 0.3 is 0 Å². The number of rotatable bonds is 9. The highest BCUT2D eigenvalue weighted by atomic mass is 32.2. The van der Waals surface area contributed by atoms with E-state index in [1.54, 1.807) is 0 Å². The minimum Gasteiger partial charge on any atom is -0.379 e. The first-order valence-corrected chi connectivity index (χ1v) is 10.8. The number of hydrogen-bond acceptors (Lipinski definition) is 5. The zero-order valence-electron chi connectivity index (χ0n) is 13.9. The maximum atomic E-state index is 11.0. The van der Waals surface area contributed by atoms with Crippen LogP contribution < -0.4 is 10.6 Å². The first-order valence-electron chi connectivity index (χ1n) is 7.76. The summed E-state index contributed by atoms with van der Waals surface area (Å²) in [6, 6.07) is 0. The highest BCUT2D eigenvalue weighted by Crippen LogP contribution is 2.37. The molecule has 1 saturated heterocycles. The smallest absolute Gasteiger partial charge is 0.191 e. The van der Waals surface area contributed by atoms with E-state index in [1.807, 2.05) is 18.7 Å². The van der Waals surface area contributed by atoms with Crippen molar-refractivity contribution >= 4 is 27.6 Å².